The maximum Gasteiger partial charge on any atom is 0.257 e. The second-order valence-electron chi connectivity index (χ2n) is 12.8. The Morgan fingerprint density at radius 1 is 0.977 bits per heavy atom. The molecule has 7 rings (SSSR count). The van der Waals surface area contributed by atoms with Gasteiger partial charge in [-0.1, -0.05) is 18.2 Å². The van der Waals surface area contributed by atoms with Gasteiger partial charge in [-0.25, -0.2) is 9.97 Å². The molecule has 0 saturated carbocycles. The van der Waals surface area contributed by atoms with Crippen LogP contribution in [0.2, 0.25) is 0 Å². The van der Waals surface area contributed by atoms with Gasteiger partial charge < -0.3 is 24.9 Å². The molecule has 2 aromatic rings. The van der Waals surface area contributed by atoms with Gasteiger partial charge in [-0.15, -0.1) is 0 Å². The van der Waals surface area contributed by atoms with E-state index in [-0.39, 0.29) is 23.8 Å². The van der Waals surface area contributed by atoms with Crippen LogP contribution in [0.5, 0.6) is 0 Å². The first-order chi connectivity index (χ1) is 20.9. The van der Waals surface area contributed by atoms with Crippen molar-refractivity contribution in [2.75, 3.05) is 75.8 Å². The number of carbonyl (C=O) groups is 3. The molecule has 1 aromatic carbocycles. The predicted octanol–water partition coefficient (Wildman–Crippen LogP) is 1.62. The van der Waals surface area contributed by atoms with Gasteiger partial charge in [0, 0.05) is 75.8 Å². The maximum atomic E-state index is 14.5. The van der Waals surface area contributed by atoms with Crippen molar-refractivity contribution >= 4 is 29.4 Å². The molecule has 11 nitrogen and oxygen atoms in total. The van der Waals surface area contributed by atoms with Crippen LogP contribution in [0.4, 0.5) is 11.6 Å². The third-order valence-electron chi connectivity index (χ3n) is 10.3. The summed E-state index contributed by atoms with van der Waals surface area (Å²) < 4.78 is 0. The van der Waals surface area contributed by atoms with Crippen LogP contribution in [-0.2, 0) is 15.1 Å². The number of likely N-dealkylation sites (N-methyl/N-ethyl adjacent to an activating group) is 1. The summed E-state index contributed by atoms with van der Waals surface area (Å²) in [5, 5.41) is 3.16. The average Bonchev–Trinajstić information content (AvgIpc) is 3.67. The zero-order chi connectivity index (χ0) is 29.7. The van der Waals surface area contributed by atoms with Gasteiger partial charge in [0.1, 0.15) is 5.54 Å². The van der Waals surface area contributed by atoms with Crippen LogP contribution < -0.4 is 15.1 Å². The molecule has 5 aliphatic rings. The second-order valence-corrected chi connectivity index (χ2v) is 12.8. The highest BCUT2D eigenvalue weighted by Crippen LogP contribution is 2.57. The number of amides is 3. The van der Waals surface area contributed by atoms with Crippen molar-refractivity contribution in [2.45, 2.75) is 50.6 Å². The topological polar surface area (TPSA) is 105 Å². The number of rotatable bonds is 2. The molecule has 0 radical (unpaired) electrons. The van der Waals surface area contributed by atoms with Crippen molar-refractivity contribution in [1.82, 2.24) is 30.0 Å². The first kappa shape index (κ1) is 28.2. The minimum atomic E-state index is -0.939. The van der Waals surface area contributed by atoms with Crippen LogP contribution in [0.15, 0.2) is 30.5 Å². The number of aromatic nitrogens is 2. The number of para-hydroxylation sites is 1. The van der Waals surface area contributed by atoms with Gasteiger partial charge in [0.15, 0.2) is 0 Å². The quantitative estimate of drug-likeness (QED) is 0.566. The lowest BCUT2D eigenvalue weighted by atomic mass is 9.78. The van der Waals surface area contributed by atoms with Gasteiger partial charge in [-0.2, -0.15) is 0 Å². The van der Waals surface area contributed by atoms with Gasteiger partial charge in [0.05, 0.1) is 17.2 Å². The van der Waals surface area contributed by atoms with E-state index in [2.05, 4.69) is 32.0 Å². The number of anilines is 2. The van der Waals surface area contributed by atoms with Gasteiger partial charge in [0.25, 0.3) is 11.8 Å². The van der Waals surface area contributed by atoms with Crippen molar-refractivity contribution < 1.29 is 14.4 Å². The summed E-state index contributed by atoms with van der Waals surface area (Å²) in [4.78, 5) is 62.0. The molecule has 228 valence electrons. The van der Waals surface area contributed by atoms with E-state index in [0.29, 0.717) is 62.6 Å². The summed E-state index contributed by atoms with van der Waals surface area (Å²) in [6.45, 7) is 8.30. The number of nitrogens with zero attached hydrogens (tertiary/aromatic N) is 7. The van der Waals surface area contributed by atoms with Gasteiger partial charge in [0.2, 0.25) is 11.9 Å². The summed E-state index contributed by atoms with van der Waals surface area (Å²) in [6, 6.07) is 8.26. The van der Waals surface area contributed by atoms with Crippen molar-refractivity contribution in [3.8, 4) is 0 Å². The molecule has 3 atom stereocenters. The lowest BCUT2D eigenvalue weighted by Gasteiger charge is -2.37. The van der Waals surface area contributed by atoms with E-state index < -0.39 is 11.5 Å². The van der Waals surface area contributed by atoms with E-state index in [4.69, 9.17) is 4.98 Å². The van der Waals surface area contributed by atoms with E-state index in [1.165, 1.54) is 0 Å². The highest BCUT2D eigenvalue weighted by Gasteiger charge is 2.67. The second kappa shape index (κ2) is 11.2. The third-order valence-corrected chi connectivity index (χ3v) is 10.3. The Balaban J connectivity index is 1.14. The highest BCUT2D eigenvalue weighted by atomic mass is 16.2. The number of nitrogens with one attached hydrogen (secondary N) is 1. The number of hydrogen-bond donors (Lipinski definition) is 1. The van der Waals surface area contributed by atoms with E-state index in [9.17, 15) is 14.4 Å². The molecule has 1 aromatic heterocycles. The van der Waals surface area contributed by atoms with Crippen LogP contribution in [0.1, 0.15) is 53.7 Å². The van der Waals surface area contributed by atoms with E-state index in [1.54, 1.807) is 6.20 Å². The molecule has 4 fully saturated rings. The molecular weight excluding hydrogens is 544 g/mol. The maximum absolute atomic E-state index is 14.5. The Kier molecular flexibility index (Phi) is 7.33. The first-order valence-electron chi connectivity index (χ1n) is 15.9. The SMILES string of the molecule is Cc1nc(N2CCN(C)CC2)ncc1C(=O)N1CCCNC(=O)[C@@H]2C[C@@H]3CCCN3[C@@]23C(=O)N(CCC1)c1ccccc13. The van der Waals surface area contributed by atoms with Crippen molar-refractivity contribution in [3.05, 3.63) is 47.3 Å². The lowest BCUT2D eigenvalue weighted by Crippen LogP contribution is -2.56. The summed E-state index contributed by atoms with van der Waals surface area (Å²) in [6.07, 6.45) is 5.71. The fraction of sp³-hybridized carbons (Fsp3) is 0.594. The molecule has 6 heterocycles. The van der Waals surface area contributed by atoms with Crippen molar-refractivity contribution in [1.29, 1.82) is 0 Å². The fourth-order valence-electron chi connectivity index (χ4n) is 8.12. The molecule has 1 spiro atoms. The Hall–Kier alpha value is -3.57. The zero-order valence-electron chi connectivity index (χ0n) is 25.3. The van der Waals surface area contributed by atoms with Gasteiger partial charge in [-0.05, 0) is 58.7 Å². The highest BCUT2D eigenvalue weighted by molar-refractivity contribution is 6.11. The van der Waals surface area contributed by atoms with Crippen LogP contribution in [-0.4, -0.2) is 114 Å². The number of piperazine rings is 1. The normalized spacial score (nSPS) is 28.5. The number of fused-ring (bicyclic) bond motifs is 4. The van der Waals surface area contributed by atoms with E-state index >= 15 is 0 Å². The molecule has 0 unspecified atom stereocenters. The first-order valence-corrected chi connectivity index (χ1v) is 15.9. The van der Waals surface area contributed by atoms with E-state index in [1.807, 2.05) is 41.0 Å². The van der Waals surface area contributed by atoms with Gasteiger partial charge >= 0.3 is 0 Å². The average molecular weight is 587 g/mol. The lowest BCUT2D eigenvalue weighted by molar-refractivity contribution is -0.138. The number of benzene rings is 1. The molecule has 1 N–H and O–H groups in total. The molecule has 0 aliphatic carbocycles. The molecule has 5 aliphatic heterocycles. The Morgan fingerprint density at radius 2 is 1.77 bits per heavy atom. The van der Waals surface area contributed by atoms with Gasteiger partial charge in [-0.3, -0.25) is 19.3 Å². The number of hydrogen-bond acceptors (Lipinski definition) is 8. The molecular formula is C32H42N8O3. The largest absolute Gasteiger partial charge is 0.356 e. The predicted molar refractivity (Wildman–Crippen MR) is 163 cm³/mol. The minimum Gasteiger partial charge on any atom is -0.356 e. The minimum absolute atomic E-state index is 0.0131. The third kappa shape index (κ3) is 4.59. The van der Waals surface area contributed by atoms with Crippen molar-refractivity contribution in [3.63, 3.8) is 0 Å². The Bertz CT molecular complexity index is 1430. The summed E-state index contributed by atoms with van der Waals surface area (Å²) in [5.74, 6) is 0.0960. The summed E-state index contributed by atoms with van der Waals surface area (Å²) in [7, 11) is 2.11. The summed E-state index contributed by atoms with van der Waals surface area (Å²) >= 11 is 0. The van der Waals surface area contributed by atoms with Crippen LogP contribution in [0.3, 0.4) is 0 Å². The molecule has 43 heavy (non-hydrogen) atoms. The van der Waals surface area contributed by atoms with E-state index in [0.717, 1.165) is 56.8 Å². The standard InChI is InChI=1S/C32H42N8O3/c1-22-24(21-34-31(35-22)38-18-16-36(2)17-19-38)29(42)37-12-6-11-33-28(41)26-20-23-8-5-15-40(23)32(26)25-9-3-4-10-27(25)39(30(32)43)14-7-13-37/h3-4,9-10,21,23,26H,5-8,11-20H2,1-2H3,(H,33,41)/t23-,26-,32+/m0/s1. The van der Waals surface area contributed by atoms with Crippen molar-refractivity contribution in [2.24, 2.45) is 5.92 Å². The zero-order valence-corrected chi connectivity index (χ0v) is 25.3. The smallest absolute Gasteiger partial charge is 0.257 e. The fourth-order valence-corrected chi connectivity index (χ4v) is 8.12. The Labute approximate surface area is 253 Å². The Morgan fingerprint density at radius 3 is 2.58 bits per heavy atom. The monoisotopic (exact) mass is 586 g/mol. The molecule has 2 bridgehead atoms. The summed E-state index contributed by atoms with van der Waals surface area (Å²) in [5.41, 5.74) is 2.09. The van der Waals surface area contributed by atoms with Crippen LogP contribution in [0.25, 0.3) is 0 Å². The number of aryl methyl sites for hydroxylation is 1. The molecule has 4 saturated heterocycles. The van der Waals surface area contributed by atoms with Crippen LogP contribution in [0, 0.1) is 12.8 Å². The molecule has 11 heteroatoms. The number of carbonyl (C=O) groups excluding carboxylic acids is 3. The molecule has 3 amide bonds. The van der Waals surface area contributed by atoms with Crippen LogP contribution >= 0.6 is 0 Å².